The highest BCUT2D eigenvalue weighted by molar-refractivity contribution is 6.36. The summed E-state index contributed by atoms with van der Waals surface area (Å²) >= 11 is 24.7. The van der Waals surface area contributed by atoms with Gasteiger partial charge in [-0.3, -0.25) is 5.01 Å². The number of halogens is 5. The Kier molecular flexibility index (Phi) is 6.35. The minimum absolute atomic E-state index is 0.271. The van der Waals surface area contributed by atoms with Crippen LogP contribution in [-0.2, 0) is 0 Å². The highest BCUT2D eigenvalue weighted by Crippen LogP contribution is 2.40. The molecule has 0 unspecified atom stereocenters. The van der Waals surface area contributed by atoms with Crippen LogP contribution < -0.4 is 5.01 Å². The van der Waals surface area contributed by atoms with Crippen molar-refractivity contribution in [2.24, 2.45) is 5.10 Å². The molecule has 30 heavy (non-hydrogen) atoms. The number of hydrogen-bond donors (Lipinski definition) is 0. The molecule has 3 aromatic carbocycles. The second kappa shape index (κ2) is 8.99. The van der Waals surface area contributed by atoms with Crippen LogP contribution in [0.4, 0.5) is 10.1 Å². The molecule has 0 aliphatic carbocycles. The monoisotopic (exact) mass is 478 g/mol. The van der Waals surface area contributed by atoms with Crippen molar-refractivity contribution < 1.29 is 4.39 Å². The zero-order valence-electron chi connectivity index (χ0n) is 15.5. The number of rotatable bonds is 4. The van der Waals surface area contributed by atoms with Crippen molar-refractivity contribution in [3.05, 3.63) is 104 Å². The lowest BCUT2D eigenvalue weighted by atomic mass is 10.0. The van der Waals surface area contributed by atoms with Gasteiger partial charge in [0.25, 0.3) is 0 Å². The largest absolute Gasteiger partial charge is 0.254 e. The molecule has 0 spiro atoms. The van der Waals surface area contributed by atoms with Gasteiger partial charge in [-0.2, -0.15) is 5.10 Å². The molecule has 2 nitrogen and oxygen atoms in total. The van der Waals surface area contributed by atoms with Gasteiger partial charge in [0, 0.05) is 26.5 Å². The van der Waals surface area contributed by atoms with E-state index in [1.807, 2.05) is 24.3 Å². The first-order valence-electron chi connectivity index (χ1n) is 9.11. The summed E-state index contributed by atoms with van der Waals surface area (Å²) in [6.45, 7) is 0. The van der Waals surface area contributed by atoms with E-state index in [1.54, 1.807) is 47.5 Å². The highest BCUT2D eigenvalue weighted by Gasteiger charge is 2.31. The van der Waals surface area contributed by atoms with Gasteiger partial charge < -0.3 is 0 Å². The lowest BCUT2D eigenvalue weighted by molar-refractivity contribution is 0.606. The predicted molar refractivity (Wildman–Crippen MR) is 126 cm³/mol. The minimum Gasteiger partial charge on any atom is -0.254 e. The molecule has 0 saturated carbocycles. The first-order chi connectivity index (χ1) is 14.4. The number of anilines is 1. The van der Waals surface area contributed by atoms with Crippen LogP contribution in [0.3, 0.4) is 0 Å². The molecule has 1 heterocycles. The van der Waals surface area contributed by atoms with Crippen LogP contribution >= 0.6 is 46.4 Å². The Labute approximate surface area is 194 Å². The second-order valence-electron chi connectivity index (χ2n) is 6.77. The molecule has 0 bridgehead atoms. The molecule has 0 saturated heterocycles. The molecule has 4 rings (SSSR count). The maximum atomic E-state index is 14.6. The standard InChI is InChI=1S/C23H15Cl4FN2/c24-15-7-5-14(19(26)11-15)6-9-17-13-23(18-10-8-16(25)12-20(18)27)30(29-17)22-4-2-1-3-21(22)28/h1-12,23H,13H2/b9-6+/t23-/m1/s1. The zero-order valence-corrected chi connectivity index (χ0v) is 18.5. The van der Waals surface area contributed by atoms with Crippen LogP contribution in [0, 0.1) is 5.82 Å². The van der Waals surface area contributed by atoms with E-state index >= 15 is 0 Å². The van der Waals surface area contributed by atoms with Crippen LogP contribution in [0.25, 0.3) is 6.08 Å². The van der Waals surface area contributed by atoms with Crippen LogP contribution in [0.5, 0.6) is 0 Å². The van der Waals surface area contributed by atoms with Crippen molar-refractivity contribution in [1.29, 1.82) is 0 Å². The third-order valence-electron chi connectivity index (χ3n) is 4.77. The predicted octanol–water partition coefficient (Wildman–Crippen LogP) is 8.46. The summed E-state index contributed by atoms with van der Waals surface area (Å²) in [5.41, 5.74) is 2.77. The van der Waals surface area contributed by atoms with E-state index in [2.05, 4.69) is 5.10 Å². The van der Waals surface area contributed by atoms with E-state index in [1.165, 1.54) is 6.07 Å². The molecular weight excluding hydrogens is 465 g/mol. The summed E-state index contributed by atoms with van der Waals surface area (Å²) < 4.78 is 14.6. The molecule has 0 aromatic heterocycles. The van der Waals surface area contributed by atoms with Gasteiger partial charge in [0.15, 0.2) is 0 Å². The van der Waals surface area contributed by atoms with Gasteiger partial charge in [0.2, 0.25) is 0 Å². The summed E-state index contributed by atoms with van der Waals surface area (Å²) in [7, 11) is 0. The van der Waals surface area contributed by atoms with Crippen LogP contribution in [0.1, 0.15) is 23.6 Å². The van der Waals surface area contributed by atoms with Gasteiger partial charge in [-0.25, -0.2) is 4.39 Å². The maximum Gasteiger partial charge on any atom is 0.148 e. The summed E-state index contributed by atoms with van der Waals surface area (Å²) in [6, 6.07) is 16.8. The number of allylic oxidation sites excluding steroid dienone is 1. The van der Waals surface area contributed by atoms with E-state index < -0.39 is 0 Å². The van der Waals surface area contributed by atoms with Gasteiger partial charge >= 0.3 is 0 Å². The first kappa shape index (κ1) is 21.2. The van der Waals surface area contributed by atoms with Crippen molar-refractivity contribution >= 4 is 63.9 Å². The Morgan fingerprint density at radius 3 is 2.27 bits per heavy atom. The SMILES string of the molecule is Fc1ccccc1N1N=C(/C=C/c2ccc(Cl)cc2Cl)C[C@@H]1c1ccc(Cl)cc1Cl. The van der Waals surface area contributed by atoms with E-state index in [0.29, 0.717) is 32.2 Å². The van der Waals surface area contributed by atoms with Crippen molar-refractivity contribution in [3.63, 3.8) is 0 Å². The fourth-order valence-electron chi connectivity index (χ4n) is 3.33. The summed E-state index contributed by atoms with van der Waals surface area (Å²) in [6.07, 6.45) is 4.27. The van der Waals surface area contributed by atoms with E-state index in [4.69, 9.17) is 46.4 Å². The van der Waals surface area contributed by atoms with Gasteiger partial charge in [-0.1, -0.05) is 76.7 Å². The lowest BCUT2D eigenvalue weighted by Crippen LogP contribution is -2.20. The topological polar surface area (TPSA) is 15.6 Å². The molecule has 0 N–H and O–H groups in total. The maximum absolute atomic E-state index is 14.6. The summed E-state index contributed by atoms with van der Waals surface area (Å²) in [5.74, 6) is -0.359. The molecule has 1 aliphatic rings. The number of para-hydroxylation sites is 1. The minimum atomic E-state index is -0.359. The van der Waals surface area contributed by atoms with Crippen molar-refractivity contribution in [3.8, 4) is 0 Å². The van der Waals surface area contributed by atoms with Gasteiger partial charge in [-0.15, -0.1) is 0 Å². The summed E-state index contributed by atoms with van der Waals surface area (Å²) in [4.78, 5) is 0. The molecule has 152 valence electrons. The molecule has 1 aliphatic heterocycles. The van der Waals surface area contributed by atoms with Crippen molar-refractivity contribution in [2.75, 3.05) is 5.01 Å². The van der Waals surface area contributed by atoms with Crippen molar-refractivity contribution in [1.82, 2.24) is 0 Å². The average Bonchev–Trinajstić information content (AvgIpc) is 3.11. The van der Waals surface area contributed by atoms with E-state index in [9.17, 15) is 4.39 Å². The normalized spacial score (nSPS) is 16.4. The van der Waals surface area contributed by atoms with Crippen LogP contribution in [0.15, 0.2) is 71.8 Å². The first-order valence-corrected chi connectivity index (χ1v) is 10.6. The molecular formula is C23H15Cl4FN2. The Hall–Kier alpha value is -2.04. The fraction of sp³-hybridized carbons (Fsp3) is 0.0870. The highest BCUT2D eigenvalue weighted by atomic mass is 35.5. The van der Waals surface area contributed by atoms with Gasteiger partial charge in [0.05, 0.1) is 17.4 Å². The third-order valence-corrected chi connectivity index (χ3v) is 5.90. The molecule has 3 aromatic rings. The Morgan fingerprint density at radius 1 is 0.867 bits per heavy atom. The molecule has 1 atom stereocenters. The molecule has 7 heteroatoms. The Morgan fingerprint density at radius 2 is 1.57 bits per heavy atom. The average molecular weight is 480 g/mol. The smallest absolute Gasteiger partial charge is 0.148 e. The number of hydrazone groups is 1. The van der Waals surface area contributed by atoms with E-state index in [0.717, 1.165) is 16.8 Å². The number of hydrogen-bond acceptors (Lipinski definition) is 2. The van der Waals surface area contributed by atoms with E-state index in [-0.39, 0.29) is 11.9 Å². The van der Waals surface area contributed by atoms with Gasteiger partial charge in [-0.05, 0) is 53.6 Å². The van der Waals surface area contributed by atoms with Gasteiger partial charge in [0.1, 0.15) is 5.82 Å². The Bertz CT molecular complexity index is 1160. The molecule has 0 amide bonds. The number of benzene rings is 3. The molecule has 0 fully saturated rings. The Balaban J connectivity index is 1.71. The van der Waals surface area contributed by atoms with Crippen LogP contribution in [0.2, 0.25) is 20.1 Å². The zero-order chi connectivity index (χ0) is 21.3. The van der Waals surface area contributed by atoms with Crippen molar-refractivity contribution in [2.45, 2.75) is 12.5 Å². The quantitative estimate of drug-likeness (QED) is 0.366. The molecule has 0 radical (unpaired) electrons. The lowest BCUT2D eigenvalue weighted by Gasteiger charge is -2.25. The third kappa shape index (κ3) is 4.50. The second-order valence-corrected chi connectivity index (χ2v) is 8.46. The fourth-order valence-corrected chi connectivity index (χ4v) is 4.34. The van der Waals surface area contributed by atoms with Crippen LogP contribution in [-0.4, -0.2) is 5.71 Å². The number of nitrogens with zero attached hydrogens (tertiary/aromatic N) is 2. The summed E-state index contributed by atoms with van der Waals surface area (Å²) in [5, 5.41) is 8.48.